The Morgan fingerprint density at radius 2 is 1.81 bits per heavy atom. The van der Waals surface area contributed by atoms with E-state index in [9.17, 15) is 13.6 Å². The zero-order chi connectivity index (χ0) is 19.0. The molecule has 0 spiro atoms. The third-order valence-electron chi connectivity index (χ3n) is 4.05. The summed E-state index contributed by atoms with van der Waals surface area (Å²) in [6, 6.07) is 15.2. The Morgan fingerprint density at radius 1 is 1.04 bits per heavy atom. The van der Waals surface area contributed by atoms with Gasteiger partial charge in [-0.15, -0.1) is 0 Å². The third-order valence-corrected chi connectivity index (χ3v) is 4.58. The van der Waals surface area contributed by atoms with Crippen LogP contribution in [0.4, 0.5) is 14.6 Å². The van der Waals surface area contributed by atoms with Crippen LogP contribution in [0.1, 0.15) is 10.4 Å². The van der Waals surface area contributed by atoms with Crippen LogP contribution in [0, 0.1) is 11.6 Å². The van der Waals surface area contributed by atoms with Gasteiger partial charge in [-0.2, -0.15) is 0 Å². The van der Waals surface area contributed by atoms with Gasteiger partial charge in [0.1, 0.15) is 28.8 Å². The molecule has 0 atom stereocenters. The molecule has 0 aliphatic carbocycles. The third kappa shape index (κ3) is 3.33. The molecule has 4 nitrogen and oxygen atoms in total. The average Bonchev–Trinajstić information content (AvgIpc) is 3.02. The normalized spacial score (nSPS) is 10.9. The van der Waals surface area contributed by atoms with E-state index in [0.717, 1.165) is 22.7 Å². The number of halogens is 3. The van der Waals surface area contributed by atoms with Crippen LogP contribution in [-0.4, -0.2) is 15.3 Å². The van der Waals surface area contributed by atoms with Crippen LogP contribution in [0.25, 0.3) is 16.9 Å². The predicted molar refractivity (Wildman–Crippen MR) is 103 cm³/mol. The largest absolute Gasteiger partial charge is 0.306 e. The molecule has 2 aromatic heterocycles. The van der Waals surface area contributed by atoms with E-state index in [0.29, 0.717) is 11.2 Å². The Bertz CT molecular complexity index is 1160. The van der Waals surface area contributed by atoms with Gasteiger partial charge in [-0.3, -0.25) is 9.20 Å². The van der Waals surface area contributed by atoms with E-state index in [1.807, 2.05) is 0 Å². The summed E-state index contributed by atoms with van der Waals surface area (Å²) < 4.78 is 30.5. The van der Waals surface area contributed by atoms with Crippen LogP contribution in [0.3, 0.4) is 0 Å². The van der Waals surface area contributed by atoms with Gasteiger partial charge in [-0.25, -0.2) is 13.8 Å². The number of pyridine rings is 1. The second kappa shape index (κ2) is 6.92. The van der Waals surface area contributed by atoms with Crippen molar-refractivity contribution in [3.63, 3.8) is 0 Å². The number of anilines is 1. The molecule has 0 aliphatic heterocycles. The number of nitrogens with one attached hydrogen (secondary N) is 1. The van der Waals surface area contributed by atoms with E-state index in [-0.39, 0.29) is 23.0 Å². The first-order valence-electron chi connectivity index (χ1n) is 8.02. The minimum absolute atomic E-state index is 0.0233. The van der Waals surface area contributed by atoms with Gasteiger partial charge in [0.25, 0.3) is 5.91 Å². The fraction of sp³-hybridized carbons (Fsp3) is 0. The minimum atomic E-state index is -0.626. The Kier molecular flexibility index (Phi) is 4.45. The van der Waals surface area contributed by atoms with Gasteiger partial charge < -0.3 is 5.32 Å². The van der Waals surface area contributed by atoms with Crippen LogP contribution in [0.2, 0.25) is 0 Å². The highest BCUT2D eigenvalue weighted by Gasteiger charge is 2.20. The van der Waals surface area contributed by atoms with Crippen molar-refractivity contribution in [1.82, 2.24) is 9.38 Å². The number of fused-ring (bicyclic) bond motifs is 1. The number of amides is 1. The zero-order valence-corrected chi connectivity index (χ0v) is 15.4. The summed E-state index contributed by atoms with van der Waals surface area (Å²) in [5.74, 6) is -1.33. The lowest BCUT2D eigenvalue weighted by molar-refractivity contribution is 0.102. The van der Waals surface area contributed by atoms with Gasteiger partial charge >= 0.3 is 0 Å². The van der Waals surface area contributed by atoms with Gasteiger partial charge in [-0.05, 0) is 54.6 Å². The molecule has 0 unspecified atom stereocenters. The maximum absolute atomic E-state index is 14.3. The standard InChI is InChI=1S/C20H12BrF2N3O/c21-13-6-4-12(5-7-13)20(27)25-19-18(15-11-14(22)8-9-16(15)23)24-17-3-1-2-10-26(17)19/h1-11H,(H,25,27). The average molecular weight is 428 g/mol. The molecule has 1 N–H and O–H groups in total. The summed E-state index contributed by atoms with van der Waals surface area (Å²) in [5.41, 5.74) is 1.06. The van der Waals surface area contributed by atoms with E-state index >= 15 is 0 Å². The molecule has 0 bridgehead atoms. The quantitative estimate of drug-likeness (QED) is 0.482. The van der Waals surface area contributed by atoms with Gasteiger partial charge in [0.2, 0.25) is 0 Å². The van der Waals surface area contributed by atoms with Crippen molar-refractivity contribution in [2.75, 3.05) is 5.32 Å². The second-order valence-corrected chi connectivity index (χ2v) is 6.74. The van der Waals surface area contributed by atoms with E-state index in [1.165, 1.54) is 0 Å². The molecule has 2 heterocycles. The minimum Gasteiger partial charge on any atom is -0.306 e. The number of rotatable bonds is 3. The summed E-state index contributed by atoms with van der Waals surface area (Å²) in [4.78, 5) is 17.0. The monoisotopic (exact) mass is 427 g/mol. The SMILES string of the molecule is O=C(Nc1c(-c2cc(F)ccc2F)nc2ccccn12)c1ccc(Br)cc1. The first-order valence-corrected chi connectivity index (χ1v) is 8.81. The summed E-state index contributed by atoms with van der Waals surface area (Å²) in [6.45, 7) is 0. The van der Waals surface area contributed by atoms with Crippen molar-refractivity contribution in [1.29, 1.82) is 0 Å². The van der Waals surface area contributed by atoms with Crippen LogP contribution < -0.4 is 5.32 Å². The molecule has 0 aliphatic rings. The lowest BCUT2D eigenvalue weighted by Crippen LogP contribution is -2.14. The van der Waals surface area contributed by atoms with Crippen LogP contribution in [0.5, 0.6) is 0 Å². The fourth-order valence-corrected chi connectivity index (χ4v) is 3.03. The molecule has 7 heteroatoms. The molecule has 134 valence electrons. The van der Waals surface area contributed by atoms with E-state index in [2.05, 4.69) is 26.2 Å². The van der Waals surface area contributed by atoms with Gasteiger partial charge in [0.15, 0.2) is 0 Å². The van der Waals surface area contributed by atoms with Crippen molar-refractivity contribution in [3.05, 3.63) is 88.5 Å². The Balaban J connectivity index is 1.84. The number of carbonyl (C=O) groups excluding carboxylic acids is 1. The molecule has 0 radical (unpaired) electrons. The summed E-state index contributed by atoms with van der Waals surface area (Å²) in [7, 11) is 0. The number of imidazole rings is 1. The van der Waals surface area contributed by atoms with Gasteiger partial charge in [-0.1, -0.05) is 22.0 Å². The Labute approximate surface area is 161 Å². The highest BCUT2D eigenvalue weighted by molar-refractivity contribution is 9.10. The van der Waals surface area contributed by atoms with Crippen LogP contribution in [0.15, 0.2) is 71.3 Å². The number of hydrogen-bond acceptors (Lipinski definition) is 2. The van der Waals surface area contributed by atoms with E-state index in [1.54, 1.807) is 53.1 Å². The van der Waals surface area contributed by atoms with Crippen molar-refractivity contribution in [2.45, 2.75) is 0 Å². The predicted octanol–water partition coefficient (Wildman–Crippen LogP) is 5.29. The molecule has 0 saturated heterocycles. The topological polar surface area (TPSA) is 46.4 Å². The van der Waals surface area contributed by atoms with Crippen LogP contribution in [-0.2, 0) is 0 Å². The molecule has 4 rings (SSSR count). The number of benzene rings is 2. The molecular formula is C20H12BrF2N3O. The second-order valence-electron chi connectivity index (χ2n) is 5.82. The number of carbonyl (C=O) groups is 1. The number of hydrogen-bond donors (Lipinski definition) is 1. The smallest absolute Gasteiger partial charge is 0.256 e. The molecule has 27 heavy (non-hydrogen) atoms. The zero-order valence-electron chi connectivity index (χ0n) is 13.8. The summed E-state index contributed by atoms with van der Waals surface area (Å²) >= 11 is 3.32. The maximum atomic E-state index is 14.3. The summed E-state index contributed by atoms with van der Waals surface area (Å²) in [5, 5.41) is 2.77. The van der Waals surface area contributed by atoms with Gasteiger partial charge in [0, 0.05) is 21.8 Å². The van der Waals surface area contributed by atoms with Gasteiger partial charge in [0.05, 0.1) is 0 Å². The lowest BCUT2D eigenvalue weighted by Gasteiger charge is -2.09. The number of aromatic nitrogens is 2. The van der Waals surface area contributed by atoms with Crippen molar-refractivity contribution in [2.24, 2.45) is 0 Å². The molecular weight excluding hydrogens is 416 g/mol. The Morgan fingerprint density at radius 3 is 2.59 bits per heavy atom. The summed E-state index contributed by atoms with van der Waals surface area (Å²) in [6.07, 6.45) is 1.69. The van der Waals surface area contributed by atoms with Crippen LogP contribution >= 0.6 is 15.9 Å². The fourth-order valence-electron chi connectivity index (χ4n) is 2.76. The Hall–Kier alpha value is -3.06. The molecule has 1 amide bonds. The molecule has 0 saturated carbocycles. The lowest BCUT2D eigenvalue weighted by atomic mass is 10.1. The highest BCUT2D eigenvalue weighted by Crippen LogP contribution is 2.31. The first-order chi connectivity index (χ1) is 13.0. The van der Waals surface area contributed by atoms with Crippen molar-refractivity contribution >= 4 is 33.3 Å². The number of nitrogens with zero attached hydrogens (tertiary/aromatic N) is 2. The highest BCUT2D eigenvalue weighted by atomic mass is 79.9. The maximum Gasteiger partial charge on any atom is 0.256 e. The first kappa shape index (κ1) is 17.4. The van der Waals surface area contributed by atoms with Crippen molar-refractivity contribution in [3.8, 4) is 11.3 Å². The molecule has 2 aromatic carbocycles. The molecule has 4 aromatic rings. The van der Waals surface area contributed by atoms with E-state index in [4.69, 9.17) is 0 Å². The van der Waals surface area contributed by atoms with Crippen molar-refractivity contribution < 1.29 is 13.6 Å². The van der Waals surface area contributed by atoms with E-state index < -0.39 is 11.6 Å². The molecule has 0 fully saturated rings.